The van der Waals surface area contributed by atoms with Gasteiger partial charge in [0, 0.05) is 11.1 Å². The number of benzene rings is 3. The molecule has 0 saturated carbocycles. The fourth-order valence-electron chi connectivity index (χ4n) is 3.09. The van der Waals surface area contributed by atoms with Crippen LogP contribution in [0, 0.1) is 13.8 Å². The number of hydrogen-bond acceptors (Lipinski definition) is 6. The van der Waals surface area contributed by atoms with Gasteiger partial charge in [0.05, 0.1) is 11.8 Å². The molecule has 0 bridgehead atoms. The average Bonchev–Trinajstić information content (AvgIpc) is 3.21. The van der Waals surface area contributed by atoms with Gasteiger partial charge in [0.25, 0.3) is 0 Å². The highest BCUT2D eigenvalue weighted by atomic mass is 32.2. The molecule has 0 aliphatic carbocycles. The van der Waals surface area contributed by atoms with Crippen LogP contribution >= 0.6 is 11.8 Å². The summed E-state index contributed by atoms with van der Waals surface area (Å²) >= 11 is 1.41. The van der Waals surface area contributed by atoms with Gasteiger partial charge in [-0.1, -0.05) is 60.3 Å². The first-order valence-electron chi connectivity index (χ1n) is 9.39. The number of ether oxygens (including phenoxy) is 1. The number of hydrogen-bond donors (Lipinski definition) is 1. The summed E-state index contributed by atoms with van der Waals surface area (Å²) in [6.07, 6.45) is -0.650. The molecule has 4 aromatic rings. The molecule has 1 atom stereocenters. The maximum atomic E-state index is 10.4. The summed E-state index contributed by atoms with van der Waals surface area (Å²) in [6, 6.07) is 20.1. The SMILES string of the molecule is Cc1ccc(C)c(-n2nnnc2SC[C@@H](O)COc2cccc3ccccc23)c1. The first-order valence-corrected chi connectivity index (χ1v) is 10.4. The van der Waals surface area contributed by atoms with Crippen molar-refractivity contribution in [3.05, 3.63) is 71.8 Å². The molecular weight excluding hydrogens is 384 g/mol. The number of rotatable bonds is 7. The summed E-state index contributed by atoms with van der Waals surface area (Å²) < 4.78 is 7.59. The molecule has 7 heteroatoms. The lowest BCUT2D eigenvalue weighted by Crippen LogP contribution is -2.20. The lowest BCUT2D eigenvalue weighted by Gasteiger charge is -2.14. The Morgan fingerprint density at radius 1 is 1.07 bits per heavy atom. The maximum Gasteiger partial charge on any atom is 0.214 e. The molecule has 3 aromatic carbocycles. The van der Waals surface area contributed by atoms with Crippen molar-refractivity contribution in [2.45, 2.75) is 25.1 Å². The number of fused-ring (bicyclic) bond motifs is 1. The molecule has 0 spiro atoms. The van der Waals surface area contributed by atoms with Gasteiger partial charge in [0.2, 0.25) is 5.16 Å². The minimum atomic E-state index is -0.650. The molecule has 1 N–H and O–H groups in total. The zero-order chi connectivity index (χ0) is 20.2. The molecule has 4 rings (SSSR count). The molecule has 0 aliphatic heterocycles. The Bertz CT molecular complexity index is 1120. The van der Waals surface area contributed by atoms with Crippen molar-refractivity contribution >= 4 is 22.5 Å². The van der Waals surface area contributed by atoms with E-state index in [4.69, 9.17) is 4.74 Å². The van der Waals surface area contributed by atoms with E-state index in [1.807, 2.05) is 62.4 Å². The average molecular weight is 407 g/mol. The normalized spacial score (nSPS) is 12.2. The first-order chi connectivity index (χ1) is 14.1. The van der Waals surface area contributed by atoms with E-state index >= 15 is 0 Å². The molecule has 0 radical (unpaired) electrons. The van der Waals surface area contributed by atoms with Gasteiger partial charge < -0.3 is 9.84 Å². The van der Waals surface area contributed by atoms with Crippen LogP contribution in [0.25, 0.3) is 16.5 Å². The fraction of sp³-hybridized carbons (Fsp3) is 0.227. The Morgan fingerprint density at radius 2 is 1.90 bits per heavy atom. The molecule has 6 nitrogen and oxygen atoms in total. The van der Waals surface area contributed by atoms with Crippen LogP contribution in [0.3, 0.4) is 0 Å². The van der Waals surface area contributed by atoms with Crippen molar-refractivity contribution in [3.63, 3.8) is 0 Å². The van der Waals surface area contributed by atoms with Crippen LogP contribution in [-0.4, -0.2) is 43.8 Å². The van der Waals surface area contributed by atoms with E-state index in [1.54, 1.807) is 4.68 Å². The summed E-state index contributed by atoms with van der Waals surface area (Å²) in [6.45, 7) is 4.26. The third-order valence-electron chi connectivity index (χ3n) is 4.62. The lowest BCUT2D eigenvalue weighted by atomic mass is 10.1. The van der Waals surface area contributed by atoms with Gasteiger partial charge in [0.1, 0.15) is 12.4 Å². The number of tetrazole rings is 1. The predicted octanol–water partition coefficient (Wildman–Crippen LogP) is 3.96. The molecule has 1 heterocycles. The van der Waals surface area contributed by atoms with Gasteiger partial charge in [-0.25, -0.2) is 0 Å². The van der Waals surface area contributed by atoms with Crippen molar-refractivity contribution in [3.8, 4) is 11.4 Å². The Hall–Kier alpha value is -2.90. The summed E-state index contributed by atoms with van der Waals surface area (Å²) in [4.78, 5) is 0. The van der Waals surface area contributed by atoms with Gasteiger partial charge >= 0.3 is 0 Å². The number of aliphatic hydroxyl groups is 1. The van der Waals surface area contributed by atoms with E-state index in [0.717, 1.165) is 33.3 Å². The van der Waals surface area contributed by atoms with Crippen LogP contribution in [0.2, 0.25) is 0 Å². The molecule has 1 aromatic heterocycles. The highest BCUT2D eigenvalue weighted by Crippen LogP contribution is 2.26. The molecule has 0 saturated heterocycles. The summed E-state index contributed by atoms with van der Waals surface area (Å²) in [7, 11) is 0. The van der Waals surface area contributed by atoms with Crippen molar-refractivity contribution in [2.24, 2.45) is 0 Å². The van der Waals surface area contributed by atoms with Crippen molar-refractivity contribution in [1.82, 2.24) is 20.2 Å². The van der Waals surface area contributed by atoms with Gasteiger partial charge in [-0.15, -0.1) is 5.10 Å². The monoisotopic (exact) mass is 406 g/mol. The second-order valence-electron chi connectivity index (χ2n) is 6.92. The molecule has 0 fully saturated rings. The standard InChI is InChI=1S/C22H22N4O2S/c1-15-10-11-16(2)20(12-15)26-22(23-24-25-26)29-14-18(27)13-28-21-9-5-7-17-6-3-4-8-19(17)21/h3-12,18,27H,13-14H2,1-2H3/t18-/m0/s1. The van der Waals surface area contributed by atoms with Gasteiger partial charge in [-0.3, -0.25) is 0 Å². The Labute approximate surface area is 173 Å². The van der Waals surface area contributed by atoms with Crippen LogP contribution in [-0.2, 0) is 0 Å². The number of aromatic nitrogens is 4. The van der Waals surface area contributed by atoms with E-state index in [-0.39, 0.29) is 6.61 Å². The number of thioether (sulfide) groups is 1. The number of aryl methyl sites for hydroxylation is 2. The third kappa shape index (κ3) is 4.41. The van der Waals surface area contributed by atoms with Crippen molar-refractivity contribution in [2.75, 3.05) is 12.4 Å². The molecule has 0 aliphatic rings. The highest BCUT2D eigenvalue weighted by molar-refractivity contribution is 7.99. The third-order valence-corrected chi connectivity index (χ3v) is 5.68. The van der Waals surface area contributed by atoms with E-state index in [9.17, 15) is 5.11 Å². The largest absolute Gasteiger partial charge is 0.490 e. The van der Waals surface area contributed by atoms with Crippen LogP contribution in [0.15, 0.2) is 65.8 Å². The molecule has 0 unspecified atom stereocenters. The van der Waals surface area contributed by atoms with E-state index in [2.05, 4.69) is 27.7 Å². The lowest BCUT2D eigenvalue weighted by molar-refractivity contribution is 0.127. The van der Waals surface area contributed by atoms with Crippen LogP contribution < -0.4 is 4.74 Å². The number of nitrogens with zero attached hydrogens (tertiary/aromatic N) is 4. The highest BCUT2D eigenvalue weighted by Gasteiger charge is 2.14. The topological polar surface area (TPSA) is 73.1 Å². The second kappa shape index (κ2) is 8.63. The van der Waals surface area contributed by atoms with Gasteiger partial charge in [-0.2, -0.15) is 4.68 Å². The summed E-state index contributed by atoms with van der Waals surface area (Å²) in [5, 5.41) is 25.2. The fourth-order valence-corrected chi connectivity index (χ4v) is 3.88. The number of aliphatic hydroxyl groups excluding tert-OH is 1. The second-order valence-corrected chi connectivity index (χ2v) is 7.90. The van der Waals surface area contributed by atoms with Gasteiger partial charge in [0.15, 0.2) is 0 Å². The minimum Gasteiger partial charge on any atom is -0.490 e. The molecular formula is C22H22N4O2S. The van der Waals surface area contributed by atoms with E-state index < -0.39 is 6.10 Å². The van der Waals surface area contributed by atoms with Crippen molar-refractivity contribution in [1.29, 1.82) is 0 Å². The summed E-state index contributed by atoms with van der Waals surface area (Å²) in [5.74, 6) is 1.20. The van der Waals surface area contributed by atoms with Crippen LogP contribution in [0.4, 0.5) is 0 Å². The molecule has 0 amide bonds. The Balaban J connectivity index is 1.40. The first kappa shape index (κ1) is 19.4. The van der Waals surface area contributed by atoms with E-state index in [1.165, 1.54) is 11.8 Å². The summed E-state index contributed by atoms with van der Waals surface area (Å²) in [5.41, 5.74) is 3.17. The van der Waals surface area contributed by atoms with Crippen LogP contribution in [0.5, 0.6) is 5.75 Å². The van der Waals surface area contributed by atoms with Crippen molar-refractivity contribution < 1.29 is 9.84 Å². The molecule has 148 valence electrons. The maximum absolute atomic E-state index is 10.4. The smallest absolute Gasteiger partial charge is 0.214 e. The predicted molar refractivity (Wildman–Crippen MR) is 115 cm³/mol. The zero-order valence-electron chi connectivity index (χ0n) is 16.3. The zero-order valence-corrected chi connectivity index (χ0v) is 17.1. The Kier molecular flexibility index (Phi) is 5.78. The Morgan fingerprint density at radius 3 is 2.79 bits per heavy atom. The quantitative estimate of drug-likeness (QED) is 0.468. The molecule has 29 heavy (non-hydrogen) atoms. The van der Waals surface area contributed by atoms with E-state index in [0.29, 0.717) is 10.9 Å². The minimum absolute atomic E-state index is 0.200. The van der Waals surface area contributed by atoms with Crippen LogP contribution in [0.1, 0.15) is 11.1 Å². The van der Waals surface area contributed by atoms with Gasteiger partial charge in [-0.05, 0) is 52.9 Å².